The first kappa shape index (κ1) is 13.6. The first-order valence-corrected chi connectivity index (χ1v) is 7.68. The van der Waals surface area contributed by atoms with Crippen LogP contribution in [0.25, 0.3) is 0 Å². The van der Waals surface area contributed by atoms with Crippen LogP contribution in [-0.4, -0.2) is 45.9 Å². The van der Waals surface area contributed by atoms with E-state index < -0.39 is 0 Å². The third kappa shape index (κ3) is 2.59. The molecule has 2 aliphatic heterocycles. The Morgan fingerprint density at radius 3 is 2.90 bits per heavy atom. The van der Waals surface area contributed by atoms with Gasteiger partial charge in [0.25, 0.3) is 5.91 Å². The molecule has 3 heterocycles. The van der Waals surface area contributed by atoms with Crippen molar-refractivity contribution >= 4 is 5.91 Å². The minimum absolute atomic E-state index is 0.0582. The number of amides is 1. The van der Waals surface area contributed by atoms with Gasteiger partial charge >= 0.3 is 0 Å². The standard InChI is InChI=1S/C15H23N3O2/c1-2-18-12-13(11-16-18)14(19)17-8-3-5-15(7-9-17)6-4-10-20-15/h11-12H,2-10H2,1H3. The number of hydrogen-bond donors (Lipinski definition) is 0. The number of carbonyl (C=O) groups is 1. The molecule has 1 aromatic rings. The summed E-state index contributed by atoms with van der Waals surface area (Å²) in [6.07, 6.45) is 8.94. The lowest BCUT2D eigenvalue weighted by atomic mass is 9.92. The Morgan fingerprint density at radius 2 is 2.20 bits per heavy atom. The molecule has 0 bridgehead atoms. The Hall–Kier alpha value is -1.36. The summed E-state index contributed by atoms with van der Waals surface area (Å²) >= 11 is 0. The first-order valence-electron chi connectivity index (χ1n) is 7.68. The van der Waals surface area contributed by atoms with Gasteiger partial charge in [-0.05, 0) is 39.0 Å². The number of rotatable bonds is 2. The molecule has 3 rings (SSSR count). The van der Waals surface area contributed by atoms with Crippen LogP contribution in [0.2, 0.25) is 0 Å². The third-order valence-electron chi connectivity index (χ3n) is 4.57. The Bertz CT molecular complexity index is 477. The largest absolute Gasteiger partial charge is 0.375 e. The Labute approximate surface area is 119 Å². The Balaban J connectivity index is 1.66. The second-order valence-corrected chi connectivity index (χ2v) is 5.87. The van der Waals surface area contributed by atoms with E-state index in [1.165, 1.54) is 0 Å². The molecule has 0 aliphatic carbocycles. The predicted molar refractivity (Wildman–Crippen MR) is 75.6 cm³/mol. The van der Waals surface area contributed by atoms with Gasteiger partial charge in [0, 0.05) is 32.4 Å². The molecular formula is C15H23N3O2. The summed E-state index contributed by atoms with van der Waals surface area (Å²) < 4.78 is 7.76. The normalized spacial score (nSPS) is 26.9. The number of carbonyl (C=O) groups excluding carboxylic acids is 1. The molecule has 20 heavy (non-hydrogen) atoms. The van der Waals surface area contributed by atoms with Crippen molar-refractivity contribution in [2.75, 3.05) is 19.7 Å². The highest BCUT2D eigenvalue weighted by atomic mass is 16.5. The number of aromatic nitrogens is 2. The molecule has 0 saturated carbocycles. The van der Waals surface area contributed by atoms with E-state index in [1.54, 1.807) is 10.9 Å². The average Bonchev–Trinajstić information content (AvgIpc) is 3.06. The number of ether oxygens (including phenoxy) is 1. The van der Waals surface area contributed by atoms with Crippen LogP contribution in [0.4, 0.5) is 0 Å². The number of likely N-dealkylation sites (tertiary alicyclic amines) is 1. The van der Waals surface area contributed by atoms with Crippen LogP contribution in [0.15, 0.2) is 12.4 Å². The fourth-order valence-electron chi connectivity index (χ4n) is 3.35. The van der Waals surface area contributed by atoms with Gasteiger partial charge in [-0.2, -0.15) is 5.10 Å². The molecule has 5 heteroatoms. The van der Waals surface area contributed by atoms with Crippen LogP contribution < -0.4 is 0 Å². The molecule has 0 aromatic carbocycles. The summed E-state index contributed by atoms with van der Waals surface area (Å²) in [5.74, 6) is 0.111. The highest BCUT2D eigenvalue weighted by molar-refractivity contribution is 5.93. The Kier molecular flexibility index (Phi) is 3.78. The molecule has 2 saturated heterocycles. The molecule has 1 unspecified atom stereocenters. The zero-order valence-corrected chi connectivity index (χ0v) is 12.2. The van der Waals surface area contributed by atoms with E-state index in [1.807, 2.05) is 18.0 Å². The fourth-order valence-corrected chi connectivity index (χ4v) is 3.35. The van der Waals surface area contributed by atoms with E-state index in [0.29, 0.717) is 5.56 Å². The molecule has 0 N–H and O–H groups in total. The molecule has 1 atom stereocenters. The van der Waals surface area contributed by atoms with E-state index in [9.17, 15) is 4.79 Å². The topological polar surface area (TPSA) is 47.4 Å². The van der Waals surface area contributed by atoms with Crippen LogP contribution in [0.3, 0.4) is 0 Å². The SMILES string of the molecule is CCn1cc(C(=O)N2CCCC3(CCCO3)CC2)cn1. The monoisotopic (exact) mass is 277 g/mol. The summed E-state index contributed by atoms with van der Waals surface area (Å²) in [6.45, 7) is 5.34. The van der Waals surface area contributed by atoms with Crippen molar-refractivity contribution < 1.29 is 9.53 Å². The van der Waals surface area contributed by atoms with Gasteiger partial charge in [0.05, 0.1) is 17.4 Å². The van der Waals surface area contributed by atoms with Gasteiger partial charge in [0.1, 0.15) is 0 Å². The quantitative estimate of drug-likeness (QED) is 0.831. The van der Waals surface area contributed by atoms with Gasteiger partial charge in [-0.25, -0.2) is 0 Å². The second-order valence-electron chi connectivity index (χ2n) is 5.87. The van der Waals surface area contributed by atoms with Gasteiger partial charge in [-0.3, -0.25) is 9.48 Å². The summed E-state index contributed by atoms with van der Waals surface area (Å²) in [4.78, 5) is 14.5. The molecule has 2 aliphatic rings. The van der Waals surface area contributed by atoms with E-state index >= 15 is 0 Å². The maximum Gasteiger partial charge on any atom is 0.257 e. The summed E-state index contributed by atoms with van der Waals surface area (Å²) in [5, 5.41) is 4.19. The summed E-state index contributed by atoms with van der Waals surface area (Å²) in [6, 6.07) is 0. The molecule has 1 spiro atoms. The van der Waals surface area contributed by atoms with Crippen molar-refractivity contribution in [3.63, 3.8) is 0 Å². The lowest BCUT2D eigenvalue weighted by molar-refractivity contribution is -0.00691. The molecule has 2 fully saturated rings. The summed E-state index contributed by atoms with van der Waals surface area (Å²) in [5.41, 5.74) is 0.762. The van der Waals surface area contributed by atoms with Gasteiger partial charge in [0.15, 0.2) is 0 Å². The van der Waals surface area contributed by atoms with Gasteiger partial charge in [-0.15, -0.1) is 0 Å². The highest BCUT2D eigenvalue weighted by Gasteiger charge is 2.37. The van der Waals surface area contributed by atoms with Crippen molar-refractivity contribution in [2.45, 2.75) is 51.2 Å². The van der Waals surface area contributed by atoms with Crippen LogP contribution in [0.1, 0.15) is 49.4 Å². The molecular weight excluding hydrogens is 254 g/mol. The lowest BCUT2D eigenvalue weighted by Gasteiger charge is -2.26. The molecule has 5 nitrogen and oxygen atoms in total. The van der Waals surface area contributed by atoms with Crippen LogP contribution in [0, 0.1) is 0 Å². The van der Waals surface area contributed by atoms with Crippen LogP contribution in [0.5, 0.6) is 0 Å². The van der Waals surface area contributed by atoms with Crippen LogP contribution >= 0.6 is 0 Å². The van der Waals surface area contributed by atoms with Crippen molar-refractivity contribution in [2.24, 2.45) is 0 Å². The van der Waals surface area contributed by atoms with Gasteiger partial charge in [0.2, 0.25) is 0 Å². The van der Waals surface area contributed by atoms with Crippen molar-refractivity contribution in [3.8, 4) is 0 Å². The molecule has 1 aromatic heterocycles. The van der Waals surface area contributed by atoms with Crippen molar-refractivity contribution in [1.82, 2.24) is 14.7 Å². The van der Waals surface area contributed by atoms with Crippen molar-refractivity contribution in [3.05, 3.63) is 18.0 Å². The summed E-state index contributed by atoms with van der Waals surface area (Å²) in [7, 11) is 0. The maximum absolute atomic E-state index is 12.5. The first-order chi connectivity index (χ1) is 9.72. The average molecular weight is 277 g/mol. The zero-order valence-electron chi connectivity index (χ0n) is 12.2. The molecule has 0 radical (unpaired) electrons. The van der Waals surface area contributed by atoms with E-state index in [4.69, 9.17) is 4.74 Å². The van der Waals surface area contributed by atoms with Gasteiger partial charge in [-0.1, -0.05) is 0 Å². The van der Waals surface area contributed by atoms with E-state index in [2.05, 4.69) is 5.10 Å². The minimum Gasteiger partial charge on any atom is -0.375 e. The Morgan fingerprint density at radius 1 is 1.35 bits per heavy atom. The molecule has 110 valence electrons. The smallest absolute Gasteiger partial charge is 0.257 e. The number of nitrogens with zero attached hydrogens (tertiary/aromatic N) is 3. The third-order valence-corrected chi connectivity index (χ3v) is 4.57. The fraction of sp³-hybridized carbons (Fsp3) is 0.733. The minimum atomic E-state index is 0.0582. The maximum atomic E-state index is 12.5. The zero-order chi connectivity index (χ0) is 14.0. The van der Waals surface area contributed by atoms with E-state index in [-0.39, 0.29) is 11.5 Å². The highest BCUT2D eigenvalue weighted by Crippen LogP contribution is 2.35. The predicted octanol–water partition coefficient (Wildman–Crippen LogP) is 2.08. The molecule has 1 amide bonds. The van der Waals surface area contributed by atoms with Crippen LogP contribution in [-0.2, 0) is 11.3 Å². The van der Waals surface area contributed by atoms with Crippen molar-refractivity contribution in [1.29, 1.82) is 0 Å². The van der Waals surface area contributed by atoms with Gasteiger partial charge < -0.3 is 9.64 Å². The number of aryl methyl sites for hydroxylation is 1. The second kappa shape index (κ2) is 5.56. The van der Waals surface area contributed by atoms with E-state index in [0.717, 1.165) is 58.3 Å². The number of hydrogen-bond acceptors (Lipinski definition) is 3. The lowest BCUT2D eigenvalue weighted by Crippen LogP contribution is -2.34.